The van der Waals surface area contributed by atoms with E-state index >= 15 is 0 Å². The van der Waals surface area contributed by atoms with Crippen molar-refractivity contribution in [3.8, 4) is 11.5 Å². The molecular formula is C26H33FN4O4. The number of rotatable bonds is 7. The molecule has 0 aliphatic carbocycles. The minimum Gasteiger partial charge on any atom is -0.493 e. The number of carbonyl (C=O) groups excluding carboxylic acids is 2. The molecule has 0 aromatic heterocycles. The number of amides is 2. The average molecular weight is 485 g/mol. The van der Waals surface area contributed by atoms with E-state index in [4.69, 9.17) is 9.47 Å². The van der Waals surface area contributed by atoms with Crippen molar-refractivity contribution in [2.45, 2.75) is 12.8 Å². The van der Waals surface area contributed by atoms with Gasteiger partial charge < -0.3 is 24.6 Å². The number of carbonyl (C=O) groups is 2. The Labute approximate surface area is 205 Å². The second-order valence-corrected chi connectivity index (χ2v) is 8.96. The lowest BCUT2D eigenvalue weighted by Crippen LogP contribution is -2.52. The minimum absolute atomic E-state index is 0.00229. The monoisotopic (exact) mass is 484 g/mol. The minimum atomic E-state index is -0.243. The van der Waals surface area contributed by atoms with Gasteiger partial charge in [-0.1, -0.05) is 0 Å². The van der Waals surface area contributed by atoms with Gasteiger partial charge in [-0.3, -0.25) is 14.5 Å². The number of piperazine rings is 1. The molecule has 2 aromatic rings. The molecule has 1 N–H and O–H groups in total. The molecule has 8 nitrogen and oxygen atoms in total. The molecule has 2 fully saturated rings. The van der Waals surface area contributed by atoms with Gasteiger partial charge in [-0.25, -0.2) is 4.39 Å². The molecule has 2 aliphatic heterocycles. The zero-order valence-electron chi connectivity index (χ0n) is 20.3. The fourth-order valence-electron chi connectivity index (χ4n) is 4.75. The van der Waals surface area contributed by atoms with Crippen LogP contribution in [0.25, 0.3) is 0 Å². The number of piperidine rings is 1. The molecular weight excluding hydrogens is 451 g/mol. The summed E-state index contributed by atoms with van der Waals surface area (Å²) in [6.07, 6.45) is 1.50. The van der Waals surface area contributed by atoms with Crippen LogP contribution in [0.5, 0.6) is 11.5 Å². The van der Waals surface area contributed by atoms with Crippen LogP contribution in [0, 0.1) is 11.7 Å². The van der Waals surface area contributed by atoms with Crippen LogP contribution in [-0.4, -0.2) is 81.6 Å². The van der Waals surface area contributed by atoms with Crippen LogP contribution in [0.15, 0.2) is 42.5 Å². The summed E-state index contributed by atoms with van der Waals surface area (Å²) in [6, 6.07) is 11.8. The summed E-state index contributed by atoms with van der Waals surface area (Å²) in [5.41, 5.74) is 1.63. The van der Waals surface area contributed by atoms with Crippen LogP contribution in [0.4, 0.5) is 15.8 Å². The van der Waals surface area contributed by atoms with Crippen LogP contribution in [-0.2, 0) is 9.59 Å². The number of benzene rings is 2. The number of hydrogen-bond acceptors (Lipinski definition) is 6. The lowest BCUT2D eigenvalue weighted by Gasteiger charge is -2.39. The Kier molecular flexibility index (Phi) is 8.07. The molecule has 188 valence electrons. The largest absolute Gasteiger partial charge is 0.493 e. The number of halogens is 1. The summed E-state index contributed by atoms with van der Waals surface area (Å²) < 4.78 is 23.7. The number of nitrogens with one attached hydrogen (secondary N) is 1. The summed E-state index contributed by atoms with van der Waals surface area (Å²) >= 11 is 0. The molecule has 2 aliphatic rings. The average Bonchev–Trinajstić information content (AvgIpc) is 2.89. The van der Waals surface area contributed by atoms with Gasteiger partial charge in [0.05, 0.1) is 20.8 Å². The fraction of sp³-hybridized carbons (Fsp3) is 0.462. The first-order valence-corrected chi connectivity index (χ1v) is 12.0. The van der Waals surface area contributed by atoms with Crippen LogP contribution in [0.3, 0.4) is 0 Å². The van der Waals surface area contributed by atoms with Gasteiger partial charge in [-0.2, -0.15) is 0 Å². The molecule has 0 atom stereocenters. The Hall–Kier alpha value is -3.33. The maximum atomic E-state index is 13.2. The topological polar surface area (TPSA) is 74.4 Å². The van der Waals surface area contributed by atoms with E-state index in [0.717, 1.165) is 31.6 Å². The number of anilines is 2. The van der Waals surface area contributed by atoms with Crippen molar-refractivity contribution in [2.75, 3.05) is 70.2 Å². The maximum absolute atomic E-state index is 13.2. The number of methoxy groups -OCH3 is 2. The number of ether oxygens (including phenoxy) is 2. The summed E-state index contributed by atoms with van der Waals surface area (Å²) in [7, 11) is 3.12. The van der Waals surface area contributed by atoms with Gasteiger partial charge in [-0.05, 0) is 62.3 Å². The van der Waals surface area contributed by atoms with Crippen molar-refractivity contribution in [3.05, 3.63) is 48.3 Å². The van der Waals surface area contributed by atoms with E-state index in [1.54, 1.807) is 44.6 Å². The lowest BCUT2D eigenvalue weighted by atomic mass is 9.95. The Morgan fingerprint density at radius 2 is 1.57 bits per heavy atom. The fourth-order valence-corrected chi connectivity index (χ4v) is 4.75. The Morgan fingerprint density at radius 1 is 0.914 bits per heavy atom. The third-order valence-electron chi connectivity index (χ3n) is 6.75. The number of hydrogen-bond donors (Lipinski definition) is 1. The highest BCUT2D eigenvalue weighted by atomic mass is 19.1. The molecule has 0 saturated carbocycles. The second kappa shape index (κ2) is 11.4. The highest BCUT2D eigenvalue weighted by Crippen LogP contribution is 2.30. The van der Waals surface area contributed by atoms with Gasteiger partial charge in [0.15, 0.2) is 11.5 Å². The molecule has 0 radical (unpaired) electrons. The van der Waals surface area contributed by atoms with E-state index < -0.39 is 0 Å². The molecule has 4 rings (SSSR count). The van der Waals surface area contributed by atoms with E-state index in [1.165, 1.54) is 12.1 Å². The molecule has 2 aromatic carbocycles. The normalized spacial score (nSPS) is 17.2. The van der Waals surface area contributed by atoms with E-state index in [0.29, 0.717) is 43.4 Å². The quantitative estimate of drug-likeness (QED) is 0.652. The zero-order valence-corrected chi connectivity index (χ0v) is 20.3. The first-order chi connectivity index (χ1) is 17.0. The molecule has 2 saturated heterocycles. The molecule has 0 bridgehead atoms. The highest BCUT2D eigenvalue weighted by molar-refractivity contribution is 5.92. The summed E-state index contributed by atoms with van der Waals surface area (Å²) in [4.78, 5) is 31.8. The van der Waals surface area contributed by atoms with Crippen molar-refractivity contribution < 1.29 is 23.5 Å². The van der Waals surface area contributed by atoms with Crippen molar-refractivity contribution in [1.82, 2.24) is 9.80 Å². The lowest BCUT2D eigenvalue weighted by molar-refractivity contribution is -0.137. The number of likely N-dealkylation sites (tertiary alicyclic amines) is 1. The summed E-state index contributed by atoms with van der Waals surface area (Å²) in [5, 5.41) is 2.90. The SMILES string of the molecule is COc1ccc(NC(=O)CN2CCC(C(=O)N3CCN(c4ccc(F)cc4)CC3)CC2)cc1OC. The maximum Gasteiger partial charge on any atom is 0.238 e. The van der Waals surface area contributed by atoms with Crippen LogP contribution < -0.4 is 19.7 Å². The molecule has 9 heteroatoms. The van der Waals surface area contributed by atoms with Gasteiger partial charge in [0.1, 0.15) is 5.82 Å². The van der Waals surface area contributed by atoms with Crippen LogP contribution >= 0.6 is 0 Å². The smallest absolute Gasteiger partial charge is 0.238 e. The zero-order chi connectivity index (χ0) is 24.8. The molecule has 0 unspecified atom stereocenters. The first kappa shape index (κ1) is 24.8. The van der Waals surface area contributed by atoms with Gasteiger partial charge in [0, 0.05) is 49.5 Å². The Morgan fingerprint density at radius 3 is 2.20 bits per heavy atom. The van der Waals surface area contributed by atoms with E-state index in [-0.39, 0.29) is 30.1 Å². The third-order valence-corrected chi connectivity index (χ3v) is 6.75. The molecule has 2 amide bonds. The van der Waals surface area contributed by atoms with E-state index in [2.05, 4.69) is 15.1 Å². The van der Waals surface area contributed by atoms with Crippen molar-refractivity contribution in [2.24, 2.45) is 5.92 Å². The molecule has 0 spiro atoms. The first-order valence-electron chi connectivity index (χ1n) is 12.0. The van der Waals surface area contributed by atoms with Gasteiger partial charge >= 0.3 is 0 Å². The van der Waals surface area contributed by atoms with Gasteiger partial charge in [-0.15, -0.1) is 0 Å². The molecule has 35 heavy (non-hydrogen) atoms. The number of nitrogens with zero attached hydrogens (tertiary/aromatic N) is 3. The second-order valence-electron chi connectivity index (χ2n) is 8.96. The third kappa shape index (κ3) is 6.22. The predicted octanol–water partition coefficient (Wildman–Crippen LogP) is 2.84. The Balaban J connectivity index is 1.20. The Bertz CT molecular complexity index is 1020. The van der Waals surface area contributed by atoms with Gasteiger partial charge in [0.2, 0.25) is 11.8 Å². The van der Waals surface area contributed by atoms with Crippen molar-refractivity contribution in [3.63, 3.8) is 0 Å². The summed E-state index contributed by atoms with van der Waals surface area (Å²) in [5.74, 6) is 1.03. The van der Waals surface area contributed by atoms with Crippen LogP contribution in [0.1, 0.15) is 12.8 Å². The molecule has 2 heterocycles. The summed E-state index contributed by atoms with van der Waals surface area (Å²) in [6.45, 7) is 4.54. The standard InChI is InChI=1S/C26H33FN4O4/c1-34-23-8-5-21(17-24(23)35-2)28-25(32)18-29-11-9-19(10-12-29)26(33)31-15-13-30(14-16-31)22-6-3-20(27)4-7-22/h3-8,17,19H,9-16,18H2,1-2H3,(H,28,32). The van der Waals surface area contributed by atoms with E-state index in [9.17, 15) is 14.0 Å². The highest BCUT2D eigenvalue weighted by Gasteiger charge is 2.31. The predicted molar refractivity (Wildman–Crippen MR) is 133 cm³/mol. The van der Waals surface area contributed by atoms with Crippen molar-refractivity contribution in [1.29, 1.82) is 0 Å². The van der Waals surface area contributed by atoms with Gasteiger partial charge in [0.25, 0.3) is 0 Å². The van der Waals surface area contributed by atoms with E-state index in [1.807, 2.05) is 4.90 Å². The van der Waals surface area contributed by atoms with Crippen LogP contribution in [0.2, 0.25) is 0 Å². The van der Waals surface area contributed by atoms with Crippen molar-refractivity contribution >= 4 is 23.2 Å².